The molecule has 0 unspecified atom stereocenters. The lowest BCUT2D eigenvalue weighted by Gasteiger charge is -2.18. The molecule has 0 radical (unpaired) electrons. The Hall–Kier alpha value is -1.10. The molecule has 0 aromatic carbocycles. The van der Waals surface area contributed by atoms with Crippen molar-refractivity contribution < 1.29 is 24.2 Å². The molecule has 1 atom stereocenters. The minimum Gasteiger partial charge on any atom is -0.463 e. The number of aliphatic hydroxyl groups excluding tert-OH is 1. The van der Waals surface area contributed by atoms with Crippen molar-refractivity contribution >= 4 is 11.9 Å². The zero-order chi connectivity index (χ0) is 12.1. The molecule has 15 heavy (non-hydrogen) atoms. The fraction of sp³-hybridized carbons (Fsp3) is 0.800. The summed E-state index contributed by atoms with van der Waals surface area (Å²) in [5, 5.41) is 9.26. The zero-order valence-electron chi connectivity index (χ0n) is 9.57. The molecule has 5 heteroatoms. The van der Waals surface area contributed by atoms with Crippen molar-refractivity contribution in [2.24, 2.45) is 5.41 Å². The van der Waals surface area contributed by atoms with Gasteiger partial charge in [0, 0.05) is 6.92 Å². The maximum Gasteiger partial charge on any atom is 0.311 e. The molecule has 1 N–H and O–H groups in total. The third-order valence-corrected chi connectivity index (χ3v) is 1.50. The second-order valence-electron chi connectivity index (χ2n) is 4.30. The van der Waals surface area contributed by atoms with Crippen LogP contribution in [0.25, 0.3) is 0 Å². The van der Waals surface area contributed by atoms with Gasteiger partial charge in [0.2, 0.25) is 0 Å². The molecule has 0 amide bonds. The van der Waals surface area contributed by atoms with E-state index in [1.807, 2.05) is 0 Å². The minimum absolute atomic E-state index is 0.160. The predicted molar refractivity (Wildman–Crippen MR) is 53.1 cm³/mol. The van der Waals surface area contributed by atoms with Crippen LogP contribution >= 0.6 is 0 Å². The van der Waals surface area contributed by atoms with Crippen LogP contribution in [0.4, 0.5) is 0 Å². The Morgan fingerprint density at radius 2 is 1.67 bits per heavy atom. The van der Waals surface area contributed by atoms with Crippen molar-refractivity contribution in [3.05, 3.63) is 0 Å². The monoisotopic (exact) mass is 218 g/mol. The van der Waals surface area contributed by atoms with E-state index in [1.54, 1.807) is 20.8 Å². The van der Waals surface area contributed by atoms with Gasteiger partial charge in [-0.3, -0.25) is 9.59 Å². The van der Waals surface area contributed by atoms with Gasteiger partial charge >= 0.3 is 11.9 Å². The van der Waals surface area contributed by atoms with E-state index >= 15 is 0 Å². The quantitative estimate of drug-likeness (QED) is 0.695. The topological polar surface area (TPSA) is 72.8 Å². The van der Waals surface area contributed by atoms with Crippen molar-refractivity contribution in [1.29, 1.82) is 0 Å². The maximum absolute atomic E-state index is 11.3. The van der Waals surface area contributed by atoms with Crippen molar-refractivity contribution in [3.63, 3.8) is 0 Å². The van der Waals surface area contributed by atoms with E-state index in [4.69, 9.17) is 4.74 Å². The summed E-state index contributed by atoms with van der Waals surface area (Å²) in [4.78, 5) is 21.7. The van der Waals surface area contributed by atoms with Crippen molar-refractivity contribution in [1.82, 2.24) is 0 Å². The molecule has 5 nitrogen and oxygen atoms in total. The SMILES string of the molecule is CC(=O)OC[C@@H](O)COC(=O)C(C)(C)C. The first kappa shape index (κ1) is 13.9. The normalized spacial score (nSPS) is 13.1. The molecule has 0 aliphatic heterocycles. The fourth-order valence-electron chi connectivity index (χ4n) is 0.650. The zero-order valence-corrected chi connectivity index (χ0v) is 9.57. The molecule has 0 rings (SSSR count). The first-order chi connectivity index (χ1) is 6.73. The Labute approximate surface area is 89.4 Å². The lowest BCUT2D eigenvalue weighted by Crippen LogP contribution is -2.29. The van der Waals surface area contributed by atoms with Crippen molar-refractivity contribution in [2.75, 3.05) is 13.2 Å². The molecule has 0 aromatic heterocycles. The highest BCUT2D eigenvalue weighted by Crippen LogP contribution is 2.15. The number of hydrogen-bond donors (Lipinski definition) is 1. The van der Waals surface area contributed by atoms with E-state index in [0.29, 0.717) is 0 Å². The average Bonchev–Trinajstić information content (AvgIpc) is 2.09. The maximum atomic E-state index is 11.3. The van der Waals surface area contributed by atoms with Gasteiger partial charge in [0.05, 0.1) is 5.41 Å². The number of aliphatic hydroxyl groups is 1. The van der Waals surface area contributed by atoms with Crippen LogP contribution in [-0.2, 0) is 19.1 Å². The molecule has 0 heterocycles. The van der Waals surface area contributed by atoms with Gasteiger partial charge in [-0.2, -0.15) is 0 Å². The molecule has 0 fully saturated rings. The standard InChI is InChI=1S/C10H18O5/c1-7(11)14-5-8(12)6-15-9(13)10(2,3)4/h8,12H,5-6H2,1-4H3/t8-/m1/s1. The van der Waals surface area contributed by atoms with Crippen LogP contribution in [0.5, 0.6) is 0 Å². The Bertz CT molecular complexity index is 228. The van der Waals surface area contributed by atoms with Crippen LogP contribution < -0.4 is 0 Å². The van der Waals surface area contributed by atoms with Crippen molar-refractivity contribution in [2.45, 2.75) is 33.8 Å². The summed E-state index contributed by atoms with van der Waals surface area (Å²) in [6.07, 6.45) is -0.972. The molecule has 0 bridgehead atoms. The fourth-order valence-corrected chi connectivity index (χ4v) is 0.650. The van der Waals surface area contributed by atoms with E-state index < -0.39 is 23.5 Å². The van der Waals surface area contributed by atoms with Crippen LogP contribution in [0.15, 0.2) is 0 Å². The van der Waals surface area contributed by atoms with Crippen LogP contribution in [0.2, 0.25) is 0 Å². The second kappa shape index (κ2) is 5.70. The van der Waals surface area contributed by atoms with E-state index in [2.05, 4.69) is 4.74 Å². The lowest BCUT2D eigenvalue weighted by molar-refractivity contribution is -0.158. The Balaban J connectivity index is 3.76. The van der Waals surface area contributed by atoms with Gasteiger partial charge in [-0.25, -0.2) is 0 Å². The first-order valence-corrected chi connectivity index (χ1v) is 4.72. The Kier molecular flexibility index (Phi) is 5.28. The van der Waals surface area contributed by atoms with E-state index in [1.165, 1.54) is 6.92 Å². The van der Waals surface area contributed by atoms with E-state index in [9.17, 15) is 14.7 Å². The third-order valence-electron chi connectivity index (χ3n) is 1.50. The van der Waals surface area contributed by atoms with Gasteiger partial charge in [0.25, 0.3) is 0 Å². The molecule has 0 spiro atoms. The number of esters is 2. The summed E-state index contributed by atoms with van der Waals surface area (Å²) >= 11 is 0. The molecular formula is C10H18O5. The van der Waals surface area contributed by atoms with Crippen LogP contribution in [0.3, 0.4) is 0 Å². The van der Waals surface area contributed by atoms with E-state index in [-0.39, 0.29) is 13.2 Å². The Morgan fingerprint density at radius 1 is 1.20 bits per heavy atom. The van der Waals surface area contributed by atoms with Gasteiger partial charge in [-0.1, -0.05) is 0 Å². The number of carbonyl (C=O) groups is 2. The molecule has 0 aliphatic rings. The number of ether oxygens (including phenoxy) is 2. The number of rotatable bonds is 4. The number of carbonyl (C=O) groups excluding carboxylic acids is 2. The first-order valence-electron chi connectivity index (χ1n) is 4.72. The smallest absolute Gasteiger partial charge is 0.311 e. The minimum atomic E-state index is -0.972. The summed E-state index contributed by atoms with van der Waals surface area (Å²) in [7, 11) is 0. The summed E-state index contributed by atoms with van der Waals surface area (Å²) in [5.41, 5.74) is -0.596. The molecule has 0 saturated carbocycles. The third kappa shape index (κ3) is 6.90. The molecular weight excluding hydrogens is 200 g/mol. The van der Waals surface area contributed by atoms with Crippen LogP contribution in [0, 0.1) is 5.41 Å². The van der Waals surface area contributed by atoms with Gasteiger partial charge in [0.1, 0.15) is 19.3 Å². The molecule has 88 valence electrons. The highest BCUT2D eigenvalue weighted by Gasteiger charge is 2.23. The largest absolute Gasteiger partial charge is 0.463 e. The molecule has 0 aliphatic carbocycles. The summed E-state index contributed by atoms with van der Waals surface area (Å²) in [5.74, 6) is -0.874. The van der Waals surface area contributed by atoms with Crippen LogP contribution in [0.1, 0.15) is 27.7 Å². The summed E-state index contributed by atoms with van der Waals surface area (Å²) in [6.45, 7) is 6.07. The molecule has 0 saturated heterocycles. The molecule has 0 aromatic rings. The van der Waals surface area contributed by atoms with Gasteiger partial charge in [-0.15, -0.1) is 0 Å². The number of hydrogen-bond acceptors (Lipinski definition) is 5. The summed E-state index contributed by atoms with van der Waals surface area (Å²) in [6, 6.07) is 0. The highest BCUT2D eigenvalue weighted by atomic mass is 16.6. The van der Waals surface area contributed by atoms with Gasteiger partial charge in [0.15, 0.2) is 0 Å². The highest BCUT2D eigenvalue weighted by molar-refractivity contribution is 5.75. The second-order valence-corrected chi connectivity index (χ2v) is 4.30. The Morgan fingerprint density at radius 3 is 2.07 bits per heavy atom. The predicted octanol–water partition coefficient (Wildman–Crippen LogP) is 0.500. The summed E-state index contributed by atoms with van der Waals surface area (Å²) < 4.78 is 9.36. The average molecular weight is 218 g/mol. The van der Waals surface area contributed by atoms with Gasteiger partial charge < -0.3 is 14.6 Å². The van der Waals surface area contributed by atoms with Crippen LogP contribution in [-0.4, -0.2) is 36.4 Å². The van der Waals surface area contributed by atoms with E-state index in [0.717, 1.165) is 0 Å². The van der Waals surface area contributed by atoms with Gasteiger partial charge in [-0.05, 0) is 20.8 Å². The lowest BCUT2D eigenvalue weighted by atomic mass is 9.97. The van der Waals surface area contributed by atoms with Crippen molar-refractivity contribution in [3.8, 4) is 0 Å².